The Balaban J connectivity index is 1.99. The lowest BCUT2D eigenvalue weighted by Gasteiger charge is -2.27. The Morgan fingerprint density at radius 1 is 1.00 bits per heavy atom. The minimum Gasteiger partial charge on any atom is -0.208 e. The van der Waals surface area contributed by atoms with E-state index in [4.69, 9.17) is 0 Å². The van der Waals surface area contributed by atoms with Gasteiger partial charge in [-0.15, -0.1) is 0 Å². The average molecular weight is 422 g/mol. The summed E-state index contributed by atoms with van der Waals surface area (Å²) in [5, 5.41) is -0.514. The molecule has 2 aromatic carbocycles. The quantitative estimate of drug-likeness (QED) is 0.323. The monoisotopic (exact) mass is 422 g/mol. The van der Waals surface area contributed by atoms with Gasteiger partial charge in [-0.05, 0) is 68.4 Å². The summed E-state index contributed by atoms with van der Waals surface area (Å²) in [5.41, 5.74) is -0.530. The van der Waals surface area contributed by atoms with Gasteiger partial charge in [-0.1, -0.05) is 37.6 Å². The highest BCUT2D eigenvalue weighted by molar-refractivity contribution is 5.88. The molecule has 1 aliphatic carbocycles. The SMILES string of the molecule is C/C=C/CCc1ccc2cc(C(F)=C(F)C3CCC(CC)CC3)c(F)c(F)c2c1F. The van der Waals surface area contributed by atoms with E-state index in [1.165, 1.54) is 12.1 Å². The zero-order valence-corrected chi connectivity index (χ0v) is 17.4. The van der Waals surface area contributed by atoms with Crippen LogP contribution in [0.4, 0.5) is 22.0 Å². The maximum absolute atomic E-state index is 14.8. The van der Waals surface area contributed by atoms with E-state index >= 15 is 0 Å². The van der Waals surface area contributed by atoms with Crippen LogP contribution in [0.2, 0.25) is 0 Å². The maximum atomic E-state index is 14.8. The van der Waals surface area contributed by atoms with Crippen LogP contribution >= 0.6 is 0 Å². The minimum atomic E-state index is -1.55. The van der Waals surface area contributed by atoms with Crippen molar-refractivity contribution in [3.8, 4) is 0 Å². The van der Waals surface area contributed by atoms with E-state index in [1.54, 1.807) is 0 Å². The summed E-state index contributed by atoms with van der Waals surface area (Å²) in [4.78, 5) is 0. The standard InChI is InChI=1S/C25H27F5/c1-3-5-6-7-16-12-13-18-14-19(24(29)25(30)20(18)21(16)26)23(28)22(27)17-10-8-15(4-2)9-11-17/h3,5,12-15,17H,4,6-11H2,1-2H3/b5-3+,23-22?. The number of rotatable bonds is 6. The normalized spacial score (nSPS) is 20.8. The van der Waals surface area contributed by atoms with Gasteiger partial charge in [0.05, 0.1) is 10.9 Å². The minimum absolute atomic E-state index is 0.00817. The molecule has 0 unspecified atom stereocenters. The topological polar surface area (TPSA) is 0 Å². The van der Waals surface area contributed by atoms with Gasteiger partial charge in [0.25, 0.3) is 0 Å². The number of allylic oxidation sites excluding steroid dienone is 3. The number of hydrogen-bond donors (Lipinski definition) is 0. The predicted molar refractivity (Wildman–Crippen MR) is 112 cm³/mol. The fourth-order valence-corrected chi connectivity index (χ4v) is 4.31. The summed E-state index contributed by atoms with van der Waals surface area (Å²) >= 11 is 0. The lowest BCUT2D eigenvalue weighted by Crippen LogP contribution is -2.15. The van der Waals surface area contributed by atoms with Crippen LogP contribution < -0.4 is 0 Å². The van der Waals surface area contributed by atoms with E-state index in [9.17, 15) is 22.0 Å². The van der Waals surface area contributed by atoms with Gasteiger partial charge >= 0.3 is 0 Å². The molecule has 0 nitrogen and oxygen atoms in total. The summed E-state index contributed by atoms with van der Waals surface area (Å²) in [5.74, 6) is -6.44. The fraction of sp³-hybridized carbons (Fsp3) is 0.440. The Hall–Kier alpha value is -2.17. The van der Waals surface area contributed by atoms with Gasteiger partial charge in [0.15, 0.2) is 17.5 Å². The van der Waals surface area contributed by atoms with Gasteiger partial charge in [0, 0.05) is 5.92 Å². The first kappa shape index (κ1) is 22.5. The highest BCUT2D eigenvalue weighted by Gasteiger charge is 2.28. The van der Waals surface area contributed by atoms with Crippen molar-refractivity contribution in [3.05, 3.63) is 64.8 Å². The molecule has 1 aliphatic rings. The van der Waals surface area contributed by atoms with Gasteiger partial charge in [-0.3, -0.25) is 0 Å². The molecule has 0 aromatic heterocycles. The van der Waals surface area contributed by atoms with Crippen LogP contribution in [0.5, 0.6) is 0 Å². The highest BCUT2D eigenvalue weighted by atomic mass is 19.2. The van der Waals surface area contributed by atoms with Crippen molar-refractivity contribution in [2.45, 2.75) is 58.8 Å². The summed E-state index contributed by atoms with van der Waals surface area (Å²) in [6.45, 7) is 3.90. The Morgan fingerprint density at radius 3 is 2.33 bits per heavy atom. The first-order valence-electron chi connectivity index (χ1n) is 10.6. The molecule has 0 radical (unpaired) electrons. The van der Waals surface area contributed by atoms with Crippen LogP contribution in [0.3, 0.4) is 0 Å². The Labute approximate surface area is 174 Å². The maximum Gasteiger partial charge on any atom is 0.170 e. The molecule has 0 bridgehead atoms. The molecule has 0 saturated heterocycles. The van der Waals surface area contributed by atoms with Crippen molar-refractivity contribution in [3.63, 3.8) is 0 Å². The lowest BCUT2D eigenvalue weighted by molar-refractivity contribution is 0.268. The number of halogens is 5. The zero-order chi connectivity index (χ0) is 21.8. The van der Waals surface area contributed by atoms with Crippen LogP contribution in [0.1, 0.15) is 63.5 Å². The van der Waals surface area contributed by atoms with E-state index in [-0.39, 0.29) is 10.9 Å². The number of aryl methyl sites for hydroxylation is 1. The molecule has 3 rings (SSSR count). The second-order valence-electron chi connectivity index (χ2n) is 8.08. The van der Waals surface area contributed by atoms with E-state index < -0.39 is 46.0 Å². The van der Waals surface area contributed by atoms with Crippen LogP contribution in [-0.2, 0) is 6.42 Å². The zero-order valence-electron chi connectivity index (χ0n) is 17.4. The van der Waals surface area contributed by atoms with Crippen LogP contribution in [0.15, 0.2) is 36.2 Å². The van der Waals surface area contributed by atoms with E-state index in [1.807, 2.05) is 19.1 Å². The number of benzene rings is 2. The highest BCUT2D eigenvalue weighted by Crippen LogP contribution is 2.40. The Morgan fingerprint density at radius 2 is 1.70 bits per heavy atom. The van der Waals surface area contributed by atoms with Gasteiger partial charge in [-0.25, -0.2) is 22.0 Å². The average Bonchev–Trinajstić information content (AvgIpc) is 2.76. The smallest absolute Gasteiger partial charge is 0.170 e. The summed E-state index contributed by atoms with van der Waals surface area (Å²) in [6.07, 6.45) is 8.11. The summed E-state index contributed by atoms with van der Waals surface area (Å²) in [6, 6.07) is 3.90. The van der Waals surface area contributed by atoms with E-state index in [0.717, 1.165) is 25.3 Å². The molecule has 162 valence electrons. The molecule has 0 N–H and O–H groups in total. The second-order valence-corrected chi connectivity index (χ2v) is 8.08. The molecule has 0 spiro atoms. The molecule has 5 heteroatoms. The van der Waals surface area contributed by atoms with Crippen molar-refractivity contribution in [2.75, 3.05) is 0 Å². The van der Waals surface area contributed by atoms with Crippen LogP contribution in [-0.4, -0.2) is 0 Å². The van der Waals surface area contributed by atoms with Gasteiger partial charge in [0.2, 0.25) is 0 Å². The third-order valence-electron chi connectivity index (χ3n) is 6.25. The second kappa shape index (κ2) is 9.76. The molecule has 1 fully saturated rings. The Bertz CT molecular complexity index is 965. The van der Waals surface area contributed by atoms with Crippen molar-refractivity contribution in [1.29, 1.82) is 0 Å². The van der Waals surface area contributed by atoms with Gasteiger partial charge in [-0.2, -0.15) is 0 Å². The van der Waals surface area contributed by atoms with E-state index in [0.29, 0.717) is 31.6 Å². The fourth-order valence-electron chi connectivity index (χ4n) is 4.31. The summed E-state index contributed by atoms with van der Waals surface area (Å²) < 4.78 is 73.7. The number of fused-ring (bicyclic) bond motifs is 1. The first-order chi connectivity index (χ1) is 14.4. The first-order valence-corrected chi connectivity index (χ1v) is 10.6. The third kappa shape index (κ3) is 4.45. The lowest BCUT2D eigenvalue weighted by atomic mass is 9.80. The number of hydrogen-bond acceptors (Lipinski definition) is 0. The molecular formula is C25H27F5. The van der Waals surface area contributed by atoms with Gasteiger partial charge in [0.1, 0.15) is 11.6 Å². The molecule has 2 aromatic rings. The molecule has 1 saturated carbocycles. The van der Waals surface area contributed by atoms with Crippen molar-refractivity contribution < 1.29 is 22.0 Å². The van der Waals surface area contributed by atoms with E-state index in [2.05, 4.69) is 6.92 Å². The Kier molecular flexibility index (Phi) is 7.32. The van der Waals surface area contributed by atoms with Crippen molar-refractivity contribution >= 4 is 16.6 Å². The largest absolute Gasteiger partial charge is 0.208 e. The van der Waals surface area contributed by atoms with Crippen molar-refractivity contribution in [1.82, 2.24) is 0 Å². The molecule has 0 atom stereocenters. The molecule has 0 heterocycles. The predicted octanol–water partition coefficient (Wildman–Crippen LogP) is 8.59. The van der Waals surface area contributed by atoms with Gasteiger partial charge < -0.3 is 0 Å². The third-order valence-corrected chi connectivity index (χ3v) is 6.25. The van der Waals surface area contributed by atoms with Crippen LogP contribution in [0, 0.1) is 29.3 Å². The molecule has 0 aliphatic heterocycles. The van der Waals surface area contributed by atoms with Crippen molar-refractivity contribution in [2.24, 2.45) is 11.8 Å². The summed E-state index contributed by atoms with van der Waals surface area (Å²) in [7, 11) is 0. The molecular weight excluding hydrogens is 395 g/mol. The molecule has 30 heavy (non-hydrogen) atoms. The molecule has 0 amide bonds. The van der Waals surface area contributed by atoms with Crippen LogP contribution in [0.25, 0.3) is 16.6 Å².